The number of carbonyl (C=O) groups is 1. The Bertz CT molecular complexity index is 548. The van der Waals surface area contributed by atoms with E-state index in [0.717, 1.165) is 0 Å². The second kappa shape index (κ2) is 5.18. The summed E-state index contributed by atoms with van der Waals surface area (Å²) in [5.74, 6) is -0.928. The summed E-state index contributed by atoms with van der Waals surface area (Å²) in [6.45, 7) is 2.76. The van der Waals surface area contributed by atoms with Gasteiger partial charge in [0, 0.05) is 13.6 Å². The zero-order valence-corrected chi connectivity index (χ0v) is 11.1. The lowest BCUT2D eigenvalue weighted by atomic mass is 10.1. The van der Waals surface area contributed by atoms with Gasteiger partial charge in [-0.05, 0) is 12.5 Å². The highest BCUT2D eigenvalue weighted by Crippen LogP contribution is 2.22. The van der Waals surface area contributed by atoms with Crippen LogP contribution in [0.15, 0.2) is 30.5 Å². The van der Waals surface area contributed by atoms with Crippen molar-refractivity contribution in [1.29, 1.82) is 0 Å². The minimum Gasteiger partial charge on any atom is -0.477 e. The van der Waals surface area contributed by atoms with Gasteiger partial charge in [0.05, 0.1) is 6.20 Å². The van der Waals surface area contributed by atoms with E-state index in [1.54, 1.807) is 0 Å². The van der Waals surface area contributed by atoms with Crippen LogP contribution < -0.4 is 4.90 Å². The van der Waals surface area contributed by atoms with E-state index in [0.29, 0.717) is 11.7 Å². The van der Waals surface area contributed by atoms with Crippen LogP contribution in [0, 0.1) is 6.92 Å². The van der Waals surface area contributed by atoms with Crippen molar-refractivity contribution in [2.24, 2.45) is 0 Å². The lowest BCUT2D eigenvalue weighted by molar-refractivity contribution is 0.0702. The van der Waals surface area contributed by atoms with E-state index in [-0.39, 0.29) is 4.88 Å². The van der Waals surface area contributed by atoms with Gasteiger partial charge in [-0.15, -0.1) is 0 Å². The third kappa shape index (κ3) is 2.87. The van der Waals surface area contributed by atoms with Crippen LogP contribution in [-0.4, -0.2) is 23.1 Å². The van der Waals surface area contributed by atoms with Crippen molar-refractivity contribution in [3.63, 3.8) is 0 Å². The Balaban J connectivity index is 2.09. The van der Waals surface area contributed by atoms with Gasteiger partial charge in [-0.2, -0.15) is 0 Å². The molecule has 0 aliphatic rings. The minimum atomic E-state index is -0.928. The molecule has 5 heteroatoms. The quantitative estimate of drug-likeness (QED) is 0.920. The first-order valence-electron chi connectivity index (χ1n) is 5.52. The second-order valence-electron chi connectivity index (χ2n) is 4.15. The van der Waals surface area contributed by atoms with E-state index in [4.69, 9.17) is 5.11 Å². The fraction of sp³-hybridized carbons (Fsp3) is 0.231. The number of rotatable bonds is 4. The van der Waals surface area contributed by atoms with Crippen LogP contribution in [0.4, 0.5) is 5.13 Å². The zero-order chi connectivity index (χ0) is 13.1. The minimum absolute atomic E-state index is 0.265. The van der Waals surface area contributed by atoms with Gasteiger partial charge in [-0.1, -0.05) is 41.2 Å². The Morgan fingerprint density at radius 1 is 1.39 bits per heavy atom. The Labute approximate surface area is 110 Å². The van der Waals surface area contributed by atoms with E-state index in [9.17, 15) is 4.79 Å². The average molecular weight is 262 g/mol. The summed E-state index contributed by atoms with van der Waals surface area (Å²) in [5, 5.41) is 9.57. The van der Waals surface area contributed by atoms with Crippen LogP contribution >= 0.6 is 11.3 Å². The molecule has 1 N–H and O–H groups in total. The topological polar surface area (TPSA) is 53.4 Å². The third-order valence-corrected chi connectivity index (χ3v) is 3.67. The number of carboxylic acids is 1. The van der Waals surface area contributed by atoms with Gasteiger partial charge in [0.25, 0.3) is 0 Å². The summed E-state index contributed by atoms with van der Waals surface area (Å²) >= 11 is 1.19. The molecule has 2 aromatic rings. The van der Waals surface area contributed by atoms with Crippen molar-refractivity contribution in [1.82, 2.24) is 4.98 Å². The summed E-state index contributed by atoms with van der Waals surface area (Å²) in [7, 11) is 1.91. The molecule has 0 fully saturated rings. The number of thiazole rings is 1. The maximum Gasteiger partial charge on any atom is 0.347 e. The number of aromatic carboxylic acids is 1. The van der Waals surface area contributed by atoms with Gasteiger partial charge < -0.3 is 10.0 Å². The molecule has 0 saturated carbocycles. The van der Waals surface area contributed by atoms with Crippen LogP contribution in [0.3, 0.4) is 0 Å². The molecule has 0 unspecified atom stereocenters. The van der Waals surface area contributed by atoms with Gasteiger partial charge in [0.2, 0.25) is 0 Å². The van der Waals surface area contributed by atoms with Crippen LogP contribution in [0.25, 0.3) is 0 Å². The fourth-order valence-electron chi connectivity index (χ4n) is 1.58. The molecule has 94 valence electrons. The monoisotopic (exact) mass is 262 g/mol. The maximum atomic E-state index is 10.8. The Morgan fingerprint density at radius 2 is 2.06 bits per heavy atom. The van der Waals surface area contributed by atoms with Gasteiger partial charge in [-0.25, -0.2) is 9.78 Å². The predicted molar refractivity (Wildman–Crippen MR) is 72.4 cm³/mol. The van der Waals surface area contributed by atoms with E-state index in [1.165, 1.54) is 28.7 Å². The SMILES string of the molecule is Cc1ccc(CN(C)c2ncc(C(=O)O)s2)cc1. The van der Waals surface area contributed by atoms with Crippen molar-refractivity contribution in [3.05, 3.63) is 46.5 Å². The van der Waals surface area contributed by atoms with Crippen molar-refractivity contribution in [3.8, 4) is 0 Å². The van der Waals surface area contributed by atoms with Gasteiger partial charge in [0.1, 0.15) is 4.88 Å². The standard InChI is InChI=1S/C13H14N2O2S/c1-9-3-5-10(6-4-9)8-15(2)13-14-7-11(18-13)12(16)17/h3-7H,8H2,1-2H3,(H,16,17). The fourth-order valence-corrected chi connectivity index (χ4v) is 2.29. The van der Waals surface area contributed by atoms with E-state index in [2.05, 4.69) is 29.2 Å². The van der Waals surface area contributed by atoms with Gasteiger partial charge in [-0.3, -0.25) is 0 Å². The number of aryl methyl sites for hydroxylation is 1. The summed E-state index contributed by atoms with van der Waals surface area (Å²) in [4.78, 5) is 17.1. The number of aromatic nitrogens is 1. The van der Waals surface area contributed by atoms with Crippen LogP contribution in [-0.2, 0) is 6.54 Å². The smallest absolute Gasteiger partial charge is 0.347 e. The first-order valence-corrected chi connectivity index (χ1v) is 6.33. The molecular formula is C13H14N2O2S. The third-order valence-electron chi connectivity index (χ3n) is 2.57. The number of anilines is 1. The number of hydrogen-bond acceptors (Lipinski definition) is 4. The van der Waals surface area contributed by atoms with E-state index >= 15 is 0 Å². The molecule has 0 aliphatic carbocycles. The molecule has 1 heterocycles. The van der Waals surface area contributed by atoms with Crippen LogP contribution in [0.2, 0.25) is 0 Å². The average Bonchev–Trinajstić information content (AvgIpc) is 2.81. The van der Waals surface area contributed by atoms with Gasteiger partial charge in [0.15, 0.2) is 5.13 Å². The number of hydrogen-bond donors (Lipinski definition) is 1. The first kappa shape index (κ1) is 12.6. The molecule has 1 aromatic carbocycles. The summed E-state index contributed by atoms with van der Waals surface area (Å²) in [5.41, 5.74) is 2.40. The molecule has 0 amide bonds. The Morgan fingerprint density at radius 3 is 2.61 bits per heavy atom. The highest BCUT2D eigenvalue weighted by molar-refractivity contribution is 7.17. The molecule has 0 aliphatic heterocycles. The lowest BCUT2D eigenvalue weighted by Gasteiger charge is -2.15. The molecule has 2 rings (SSSR count). The second-order valence-corrected chi connectivity index (χ2v) is 5.16. The maximum absolute atomic E-state index is 10.8. The summed E-state index contributed by atoms with van der Waals surface area (Å²) in [6, 6.07) is 8.26. The number of carboxylic acid groups (broad SMARTS) is 1. The van der Waals surface area contributed by atoms with Crippen molar-refractivity contribution in [2.45, 2.75) is 13.5 Å². The van der Waals surface area contributed by atoms with Crippen molar-refractivity contribution < 1.29 is 9.90 Å². The Hall–Kier alpha value is -1.88. The molecule has 1 aromatic heterocycles. The zero-order valence-electron chi connectivity index (χ0n) is 10.3. The molecule has 0 saturated heterocycles. The van der Waals surface area contributed by atoms with Crippen LogP contribution in [0.1, 0.15) is 20.8 Å². The molecule has 0 atom stereocenters. The molecule has 0 radical (unpaired) electrons. The summed E-state index contributed by atoms with van der Waals surface area (Å²) < 4.78 is 0. The number of benzene rings is 1. The molecular weight excluding hydrogens is 248 g/mol. The molecule has 0 spiro atoms. The first-order chi connectivity index (χ1) is 8.56. The molecule has 0 bridgehead atoms. The molecule has 18 heavy (non-hydrogen) atoms. The number of nitrogens with zero attached hydrogens (tertiary/aromatic N) is 2. The summed E-state index contributed by atoms with van der Waals surface area (Å²) in [6.07, 6.45) is 1.40. The highest BCUT2D eigenvalue weighted by Gasteiger charge is 2.11. The normalized spacial score (nSPS) is 10.3. The largest absolute Gasteiger partial charge is 0.477 e. The predicted octanol–water partition coefficient (Wildman–Crippen LogP) is 2.79. The Kier molecular flexibility index (Phi) is 3.62. The highest BCUT2D eigenvalue weighted by atomic mass is 32.1. The van der Waals surface area contributed by atoms with Gasteiger partial charge >= 0.3 is 5.97 Å². The van der Waals surface area contributed by atoms with E-state index in [1.807, 2.05) is 18.9 Å². The van der Waals surface area contributed by atoms with Crippen molar-refractivity contribution in [2.75, 3.05) is 11.9 Å². The van der Waals surface area contributed by atoms with Crippen LogP contribution in [0.5, 0.6) is 0 Å². The molecule has 4 nitrogen and oxygen atoms in total. The van der Waals surface area contributed by atoms with Crippen molar-refractivity contribution >= 4 is 22.4 Å². The lowest BCUT2D eigenvalue weighted by Crippen LogP contribution is -2.15. The van der Waals surface area contributed by atoms with E-state index < -0.39 is 5.97 Å².